The Labute approximate surface area is 121 Å². The van der Waals surface area contributed by atoms with Crippen LogP contribution >= 0.6 is 0 Å². The number of hydrogen-bond donors (Lipinski definition) is 2. The number of nitrogens with zero attached hydrogens (tertiary/aromatic N) is 1. The van der Waals surface area contributed by atoms with Gasteiger partial charge >= 0.3 is 6.09 Å². The summed E-state index contributed by atoms with van der Waals surface area (Å²) in [5.74, 6) is 0. The van der Waals surface area contributed by atoms with Crippen molar-refractivity contribution < 1.29 is 17.9 Å². The van der Waals surface area contributed by atoms with Crippen LogP contribution in [0, 0.1) is 0 Å². The van der Waals surface area contributed by atoms with Crippen LogP contribution < -0.4 is 10.0 Å². The molecule has 1 heterocycles. The second-order valence-electron chi connectivity index (χ2n) is 6.06. The molecular weight excluding hydrogens is 282 g/mol. The zero-order valence-corrected chi connectivity index (χ0v) is 13.4. The fourth-order valence-electron chi connectivity index (χ4n) is 1.74. The van der Waals surface area contributed by atoms with Gasteiger partial charge in [0.1, 0.15) is 5.60 Å². The van der Waals surface area contributed by atoms with Crippen LogP contribution in [0.1, 0.15) is 27.2 Å². The molecule has 0 unspecified atom stereocenters. The molecular formula is C12H25N3O4S. The van der Waals surface area contributed by atoms with Crippen LogP contribution in [0.25, 0.3) is 0 Å². The minimum absolute atomic E-state index is 0.265. The Bertz CT molecular complexity index is 424. The zero-order chi connectivity index (χ0) is 15.4. The maximum absolute atomic E-state index is 11.7. The van der Waals surface area contributed by atoms with E-state index in [9.17, 15) is 13.2 Å². The van der Waals surface area contributed by atoms with Gasteiger partial charge in [-0.25, -0.2) is 17.9 Å². The monoisotopic (exact) mass is 307 g/mol. The van der Waals surface area contributed by atoms with Gasteiger partial charge in [0.05, 0.1) is 6.26 Å². The first-order valence-electron chi connectivity index (χ1n) is 6.73. The SMILES string of the molecule is CC(C)(C)OC(=O)N1CC(NCCCNS(C)(=O)=O)C1. The lowest BCUT2D eigenvalue weighted by Crippen LogP contribution is -2.60. The summed E-state index contributed by atoms with van der Waals surface area (Å²) in [6, 6.07) is 0.265. The minimum atomic E-state index is -3.10. The number of nitrogens with one attached hydrogen (secondary N) is 2. The highest BCUT2D eigenvalue weighted by atomic mass is 32.2. The molecule has 0 aromatic heterocycles. The van der Waals surface area contributed by atoms with Gasteiger partial charge in [0.2, 0.25) is 10.0 Å². The fourth-order valence-corrected chi connectivity index (χ4v) is 2.25. The Balaban J connectivity index is 2.07. The molecule has 118 valence electrons. The van der Waals surface area contributed by atoms with E-state index in [-0.39, 0.29) is 12.1 Å². The van der Waals surface area contributed by atoms with E-state index in [0.717, 1.165) is 19.2 Å². The van der Waals surface area contributed by atoms with Crippen molar-refractivity contribution in [3.05, 3.63) is 0 Å². The van der Waals surface area contributed by atoms with Gasteiger partial charge < -0.3 is 15.0 Å². The Morgan fingerprint density at radius 2 is 1.90 bits per heavy atom. The van der Waals surface area contributed by atoms with E-state index in [1.54, 1.807) is 4.90 Å². The van der Waals surface area contributed by atoms with E-state index in [2.05, 4.69) is 10.0 Å². The van der Waals surface area contributed by atoms with Gasteiger partial charge in [-0.05, 0) is 33.7 Å². The van der Waals surface area contributed by atoms with Crippen molar-refractivity contribution in [2.24, 2.45) is 0 Å². The maximum Gasteiger partial charge on any atom is 0.410 e. The molecule has 0 atom stereocenters. The van der Waals surface area contributed by atoms with Crippen LogP contribution in [0.5, 0.6) is 0 Å². The highest BCUT2D eigenvalue weighted by molar-refractivity contribution is 7.88. The Kier molecular flexibility index (Phi) is 5.79. The second kappa shape index (κ2) is 6.73. The van der Waals surface area contributed by atoms with Gasteiger partial charge in [-0.1, -0.05) is 0 Å². The number of sulfonamides is 1. The van der Waals surface area contributed by atoms with E-state index < -0.39 is 15.6 Å². The fraction of sp³-hybridized carbons (Fsp3) is 0.917. The molecule has 1 amide bonds. The van der Waals surface area contributed by atoms with Gasteiger partial charge in [0.15, 0.2) is 0 Å². The van der Waals surface area contributed by atoms with Gasteiger partial charge in [-0.3, -0.25) is 0 Å². The third kappa shape index (κ3) is 7.06. The summed E-state index contributed by atoms with van der Waals surface area (Å²) in [4.78, 5) is 13.3. The second-order valence-corrected chi connectivity index (χ2v) is 7.89. The van der Waals surface area contributed by atoms with Crippen LogP contribution in [-0.2, 0) is 14.8 Å². The molecule has 0 bridgehead atoms. The van der Waals surface area contributed by atoms with Crippen molar-refractivity contribution in [3.63, 3.8) is 0 Å². The summed E-state index contributed by atoms with van der Waals surface area (Å²) < 4.78 is 29.4. The number of ether oxygens (including phenoxy) is 1. The average molecular weight is 307 g/mol. The number of carbonyl (C=O) groups is 1. The van der Waals surface area contributed by atoms with Gasteiger partial charge in [0.25, 0.3) is 0 Å². The third-order valence-corrected chi connectivity index (χ3v) is 3.41. The van der Waals surface area contributed by atoms with Crippen LogP contribution in [0.4, 0.5) is 4.79 Å². The first-order chi connectivity index (χ1) is 9.07. The lowest BCUT2D eigenvalue weighted by Gasteiger charge is -2.40. The van der Waals surface area contributed by atoms with Crippen molar-refractivity contribution in [3.8, 4) is 0 Å². The molecule has 0 aromatic carbocycles. The normalized spacial score (nSPS) is 16.9. The van der Waals surface area contributed by atoms with E-state index in [1.165, 1.54) is 0 Å². The number of rotatable bonds is 6. The summed E-state index contributed by atoms with van der Waals surface area (Å²) in [7, 11) is -3.10. The van der Waals surface area contributed by atoms with Crippen molar-refractivity contribution in [1.82, 2.24) is 14.9 Å². The highest BCUT2D eigenvalue weighted by Gasteiger charge is 2.33. The van der Waals surface area contributed by atoms with Crippen molar-refractivity contribution >= 4 is 16.1 Å². The third-order valence-electron chi connectivity index (χ3n) is 2.68. The average Bonchev–Trinajstić information content (AvgIpc) is 2.15. The standard InChI is InChI=1S/C12H25N3O4S/c1-12(2,3)19-11(16)15-8-10(9-15)13-6-5-7-14-20(4,17)18/h10,13-14H,5-9H2,1-4H3. The van der Waals surface area contributed by atoms with Gasteiger partial charge in [-0.15, -0.1) is 0 Å². The summed E-state index contributed by atoms with van der Waals surface area (Å²) in [5.41, 5.74) is -0.465. The summed E-state index contributed by atoms with van der Waals surface area (Å²) >= 11 is 0. The lowest BCUT2D eigenvalue weighted by molar-refractivity contribution is 0.00537. The largest absolute Gasteiger partial charge is 0.444 e. The molecule has 1 aliphatic rings. The molecule has 1 rings (SSSR count). The molecule has 7 nitrogen and oxygen atoms in total. The van der Waals surface area contributed by atoms with Crippen LogP contribution in [0.2, 0.25) is 0 Å². The van der Waals surface area contributed by atoms with Gasteiger partial charge in [-0.2, -0.15) is 0 Å². The smallest absolute Gasteiger partial charge is 0.410 e. The van der Waals surface area contributed by atoms with Gasteiger partial charge in [0, 0.05) is 25.7 Å². The molecule has 0 radical (unpaired) electrons. The first-order valence-corrected chi connectivity index (χ1v) is 8.62. The Morgan fingerprint density at radius 1 is 1.30 bits per heavy atom. The first kappa shape index (κ1) is 17.2. The summed E-state index contributed by atoms with van der Waals surface area (Å²) in [6.45, 7) is 7.94. The zero-order valence-electron chi connectivity index (χ0n) is 12.6. The highest BCUT2D eigenvalue weighted by Crippen LogP contribution is 2.14. The van der Waals surface area contributed by atoms with E-state index >= 15 is 0 Å². The maximum atomic E-state index is 11.7. The van der Waals surface area contributed by atoms with Crippen molar-refractivity contribution in [1.29, 1.82) is 0 Å². The van der Waals surface area contributed by atoms with Crippen LogP contribution in [0.3, 0.4) is 0 Å². The predicted octanol–water partition coefficient (Wildman–Crippen LogP) is 0.135. The molecule has 8 heteroatoms. The van der Waals surface area contributed by atoms with E-state index in [4.69, 9.17) is 4.74 Å². The van der Waals surface area contributed by atoms with Crippen LogP contribution in [0.15, 0.2) is 0 Å². The number of likely N-dealkylation sites (tertiary alicyclic amines) is 1. The number of amides is 1. The topological polar surface area (TPSA) is 87.7 Å². The summed E-state index contributed by atoms with van der Waals surface area (Å²) in [5, 5.41) is 3.27. The molecule has 1 aliphatic heterocycles. The van der Waals surface area contributed by atoms with E-state index in [1.807, 2.05) is 20.8 Å². The minimum Gasteiger partial charge on any atom is -0.444 e. The molecule has 20 heavy (non-hydrogen) atoms. The molecule has 0 aromatic rings. The number of hydrogen-bond acceptors (Lipinski definition) is 5. The number of carbonyl (C=O) groups excluding carboxylic acids is 1. The lowest BCUT2D eigenvalue weighted by atomic mass is 10.1. The molecule has 0 aliphatic carbocycles. The van der Waals surface area contributed by atoms with Crippen molar-refractivity contribution in [2.75, 3.05) is 32.4 Å². The quantitative estimate of drug-likeness (QED) is 0.681. The predicted molar refractivity (Wildman–Crippen MR) is 77.1 cm³/mol. The molecule has 1 fully saturated rings. The Hall–Kier alpha value is -0.860. The van der Waals surface area contributed by atoms with E-state index in [0.29, 0.717) is 19.6 Å². The molecule has 1 saturated heterocycles. The van der Waals surface area contributed by atoms with Crippen LogP contribution in [-0.4, -0.2) is 63.5 Å². The molecule has 2 N–H and O–H groups in total. The summed E-state index contributed by atoms with van der Waals surface area (Å²) in [6.07, 6.45) is 1.58. The molecule has 0 saturated carbocycles. The molecule has 0 spiro atoms. The Morgan fingerprint density at radius 3 is 2.40 bits per heavy atom. The van der Waals surface area contributed by atoms with Crippen molar-refractivity contribution in [2.45, 2.75) is 38.8 Å².